The molecule has 2 N–H and O–H groups in total. The van der Waals surface area contributed by atoms with Crippen molar-refractivity contribution < 1.29 is 27.8 Å². The van der Waals surface area contributed by atoms with Crippen LogP contribution in [0.3, 0.4) is 0 Å². The SMILES string of the molecule is COC(=O)NC(C(=O)N1CCC[C@H]1c1nc2ccc([C@H]3CCCN3c3ccc(OCC(F)F)cc3)cc2[nH]1)C(C)C. The maximum atomic E-state index is 13.5. The third kappa shape index (κ3) is 6.23. The number of amides is 2. The van der Waals surface area contributed by atoms with Gasteiger partial charge in [0.25, 0.3) is 6.43 Å². The Morgan fingerprint density at radius 1 is 1.07 bits per heavy atom. The van der Waals surface area contributed by atoms with Crippen molar-refractivity contribution in [2.45, 2.75) is 64.1 Å². The van der Waals surface area contributed by atoms with Crippen LogP contribution in [0.25, 0.3) is 11.0 Å². The number of aromatic amines is 1. The number of likely N-dealkylation sites (tertiary alicyclic amines) is 1. The molecule has 2 saturated heterocycles. The second kappa shape index (κ2) is 12.3. The molecule has 5 rings (SSSR count). The number of imidazole rings is 1. The predicted molar refractivity (Wildman–Crippen MR) is 151 cm³/mol. The van der Waals surface area contributed by atoms with E-state index < -0.39 is 25.2 Å². The molecule has 0 spiro atoms. The van der Waals surface area contributed by atoms with Crippen LogP contribution in [0.4, 0.5) is 19.3 Å². The number of H-pyrrole nitrogens is 1. The number of nitrogens with zero attached hydrogens (tertiary/aromatic N) is 3. The number of fused-ring (bicyclic) bond motifs is 1. The Morgan fingerprint density at radius 3 is 2.51 bits per heavy atom. The summed E-state index contributed by atoms with van der Waals surface area (Å²) >= 11 is 0. The smallest absolute Gasteiger partial charge is 0.407 e. The van der Waals surface area contributed by atoms with E-state index in [1.807, 2.05) is 36.9 Å². The van der Waals surface area contributed by atoms with Crippen LogP contribution in [0, 0.1) is 5.92 Å². The average molecular weight is 570 g/mol. The Balaban J connectivity index is 1.33. The van der Waals surface area contributed by atoms with E-state index in [1.54, 1.807) is 12.1 Å². The summed E-state index contributed by atoms with van der Waals surface area (Å²) < 4.78 is 34.8. The monoisotopic (exact) mass is 569 g/mol. The summed E-state index contributed by atoms with van der Waals surface area (Å²) in [5.41, 5.74) is 3.92. The first kappa shape index (κ1) is 28.6. The Morgan fingerprint density at radius 2 is 1.80 bits per heavy atom. The van der Waals surface area contributed by atoms with Gasteiger partial charge in [0.1, 0.15) is 24.2 Å². The summed E-state index contributed by atoms with van der Waals surface area (Å²) in [6.45, 7) is 4.67. The standard InChI is InChI=1S/C30H37F2N5O4/c1-18(2)27(35-30(39)40-3)29(38)37-15-5-7-25(37)28-33-22-13-8-19(16-23(22)34-28)24-6-4-14-36(24)20-9-11-21(12-10-20)41-17-26(31)32/h8-13,16,18,24-27H,4-7,14-15,17H2,1-3H3,(H,33,34)(H,35,39)/t24-,25+,27?/m1/s1. The van der Waals surface area contributed by atoms with E-state index in [-0.39, 0.29) is 23.9 Å². The van der Waals surface area contributed by atoms with Crippen molar-refractivity contribution in [3.05, 3.63) is 53.9 Å². The topological polar surface area (TPSA) is 99.8 Å². The molecule has 41 heavy (non-hydrogen) atoms. The third-order valence-electron chi connectivity index (χ3n) is 7.95. The molecule has 11 heteroatoms. The fourth-order valence-corrected chi connectivity index (χ4v) is 5.92. The second-order valence-electron chi connectivity index (χ2n) is 11.0. The van der Waals surface area contributed by atoms with Gasteiger partial charge in [-0.2, -0.15) is 0 Å². The first-order valence-electron chi connectivity index (χ1n) is 14.2. The van der Waals surface area contributed by atoms with Crippen molar-refractivity contribution in [2.75, 3.05) is 31.7 Å². The number of rotatable bonds is 9. The number of hydrogen-bond acceptors (Lipinski definition) is 6. The summed E-state index contributed by atoms with van der Waals surface area (Å²) in [6.07, 6.45) is 0.537. The van der Waals surface area contributed by atoms with Crippen LogP contribution in [0.2, 0.25) is 0 Å². The molecule has 0 radical (unpaired) electrons. The molecule has 220 valence electrons. The zero-order valence-corrected chi connectivity index (χ0v) is 23.6. The fraction of sp³-hybridized carbons (Fsp3) is 0.500. The van der Waals surface area contributed by atoms with Crippen molar-refractivity contribution in [2.24, 2.45) is 5.92 Å². The van der Waals surface area contributed by atoms with Gasteiger partial charge in [-0.15, -0.1) is 0 Å². The molecule has 2 fully saturated rings. The number of hydrogen-bond donors (Lipinski definition) is 2. The van der Waals surface area contributed by atoms with Crippen LogP contribution in [-0.4, -0.2) is 66.1 Å². The number of anilines is 1. The molecule has 1 aromatic heterocycles. The highest BCUT2D eigenvalue weighted by atomic mass is 19.3. The van der Waals surface area contributed by atoms with Crippen molar-refractivity contribution in [1.29, 1.82) is 0 Å². The van der Waals surface area contributed by atoms with Crippen LogP contribution < -0.4 is 15.0 Å². The van der Waals surface area contributed by atoms with Gasteiger partial charge in [-0.1, -0.05) is 19.9 Å². The van der Waals surface area contributed by atoms with Gasteiger partial charge in [0.05, 0.1) is 30.2 Å². The van der Waals surface area contributed by atoms with E-state index in [0.717, 1.165) is 60.3 Å². The van der Waals surface area contributed by atoms with Gasteiger partial charge in [-0.25, -0.2) is 18.6 Å². The first-order chi connectivity index (χ1) is 19.7. The Labute approximate surface area is 238 Å². The minimum atomic E-state index is -2.51. The van der Waals surface area contributed by atoms with E-state index in [9.17, 15) is 18.4 Å². The maximum absolute atomic E-state index is 13.5. The largest absolute Gasteiger partial charge is 0.488 e. The lowest BCUT2D eigenvalue weighted by atomic mass is 10.0. The fourth-order valence-electron chi connectivity index (χ4n) is 5.92. The lowest BCUT2D eigenvalue weighted by Gasteiger charge is -2.29. The number of benzene rings is 2. The molecule has 2 amide bonds. The van der Waals surface area contributed by atoms with Crippen LogP contribution in [-0.2, 0) is 9.53 Å². The summed E-state index contributed by atoms with van der Waals surface area (Å²) in [5.74, 6) is 0.931. The summed E-state index contributed by atoms with van der Waals surface area (Å²) in [7, 11) is 1.29. The Hall–Kier alpha value is -3.89. The van der Waals surface area contributed by atoms with Crippen molar-refractivity contribution in [1.82, 2.24) is 20.2 Å². The molecule has 3 atom stereocenters. The zero-order valence-electron chi connectivity index (χ0n) is 23.6. The molecule has 2 aromatic carbocycles. The van der Waals surface area contributed by atoms with E-state index in [2.05, 4.69) is 27.3 Å². The third-order valence-corrected chi connectivity index (χ3v) is 7.95. The quantitative estimate of drug-likeness (QED) is 0.349. The number of carbonyl (C=O) groups excluding carboxylic acids is 2. The number of alkyl carbamates (subject to hydrolysis) is 1. The number of methoxy groups -OCH3 is 1. The lowest BCUT2D eigenvalue weighted by molar-refractivity contribution is -0.135. The summed E-state index contributed by atoms with van der Waals surface area (Å²) in [4.78, 5) is 37.8. The molecule has 2 aliphatic rings. The number of aromatic nitrogens is 2. The number of nitrogens with one attached hydrogen (secondary N) is 2. The van der Waals surface area contributed by atoms with Crippen LogP contribution >= 0.6 is 0 Å². The van der Waals surface area contributed by atoms with Crippen LogP contribution in [0.15, 0.2) is 42.5 Å². The van der Waals surface area contributed by atoms with Crippen molar-refractivity contribution >= 4 is 28.7 Å². The van der Waals surface area contributed by atoms with Gasteiger partial charge in [-0.05, 0) is 73.6 Å². The maximum Gasteiger partial charge on any atom is 0.407 e. The molecule has 3 heterocycles. The van der Waals surface area contributed by atoms with Crippen LogP contribution in [0.1, 0.15) is 63.0 Å². The van der Waals surface area contributed by atoms with Gasteiger partial charge in [0.2, 0.25) is 5.91 Å². The molecule has 0 bridgehead atoms. The second-order valence-corrected chi connectivity index (χ2v) is 11.0. The highest BCUT2D eigenvalue weighted by Gasteiger charge is 2.37. The van der Waals surface area contributed by atoms with Gasteiger partial charge in [0.15, 0.2) is 0 Å². The van der Waals surface area contributed by atoms with Gasteiger partial charge in [-0.3, -0.25) is 4.79 Å². The van der Waals surface area contributed by atoms with Crippen molar-refractivity contribution in [3.63, 3.8) is 0 Å². The minimum absolute atomic E-state index is 0.100. The highest BCUT2D eigenvalue weighted by Crippen LogP contribution is 2.38. The van der Waals surface area contributed by atoms with Gasteiger partial charge < -0.3 is 29.6 Å². The molecule has 1 unspecified atom stereocenters. The Bertz CT molecular complexity index is 1360. The number of ether oxygens (including phenoxy) is 2. The Kier molecular flexibility index (Phi) is 8.60. The zero-order chi connectivity index (χ0) is 29.1. The molecule has 9 nitrogen and oxygen atoms in total. The van der Waals surface area contributed by atoms with Gasteiger partial charge in [0, 0.05) is 18.8 Å². The molecule has 3 aromatic rings. The van der Waals surface area contributed by atoms with Crippen LogP contribution in [0.5, 0.6) is 5.75 Å². The van der Waals surface area contributed by atoms with Crippen molar-refractivity contribution in [3.8, 4) is 5.75 Å². The highest BCUT2D eigenvalue weighted by molar-refractivity contribution is 5.86. The van der Waals surface area contributed by atoms with E-state index >= 15 is 0 Å². The van der Waals surface area contributed by atoms with E-state index in [0.29, 0.717) is 12.3 Å². The minimum Gasteiger partial charge on any atom is -0.488 e. The summed E-state index contributed by atoms with van der Waals surface area (Å²) in [5, 5.41) is 2.69. The lowest BCUT2D eigenvalue weighted by Crippen LogP contribution is -2.51. The molecular weight excluding hydrogens is 532 g/mol. The number of carbonyl (C=O) groups is 2. The van der Waals surface area contributed by atoms with E-state index in [4.69, 9.17) is 14.5 Å². The molecule has 0 aliphatic carbocycles. The number of halogens is 2. The van der Waals surface area contributed by atoms with E-state index in [1.165, 1.54) is 7.11 Å². The molecule has 2 aliphatic heterocycles. The first-order valence-corrected chi connectivity index (χ1v) is 14.2. The normalized spacial score (nSPS) is 19.8. The predicted octanol–water partition coefficient (Wildman–Crippen LogP) is 5.59. The number of alkyl halides is 2. The molecule has 0 saturated carbocycles. The van der Waals surface area contributed by atoms with Gasteiger partial charge >= 0.3 is 6.09 Å². The average Bonchev–Trinajstić information content (AvgIpc) is 3.73. The summed E-state index contributed by atoms with van der Waals surface area (Å²) in [6, 6.07) is 12.8. The molecular formula is C30H37F2N5O4.